The summed E-state index contributed by atoms with van der Waals surface area (Å²) in [6.07, 6.45) is -0.502. The molecule has 1 aromatic rings. The van der Waals surface area contributed by atoms with Crippen molar-refractivity contribution in [2.45, 2.75) is 39.5 Å². The van der Waals surface area contributed by atoms with Gasteiger partial charge in [-0.3, -0.25) is 14.6 Å². The Hall–Kier alpha value is -2.87. The molecule has 3 heterocycles. The van der Waals surface area contributed by atoms with Crippen LogP contribution in [0, 0.1) is 6.92 Å². The first kappa shape index (κ1) is 20.4. The van der Waals surface area contributed by atoms with Crippen molar-refractivity contribution in [2.24, 2.45) is 4.99 Å². The second kappa shape index (κ2) is 7.43. The molecule has 0 aromatic heterocycles. The summed E-state index contributed by atoms with van der Waals surface area (Å²) in [7, 11) is 5.81. The van der Waals surface area contributed by atoms with Gasteiger partial charge in [0.05, 0.1) is 6.54 Å². The van der Waals surface area contributed by atoms with Gasteiger partial charge in [-0.2, -0.15) is 0 Å². The van der Waals surface area contributed by atoms with Gasteiger partial charge in [0.25, 0.3) is 5.91 Å². The maximum Gasteiger partial charge on any atom is 0.328 e. The Kier molecular flexibility index (Phi) is 5.05. The summed E-state index contributed by atoms with van der Waals surface area (Å²) in [6, 6.07) is 7.04. The highest BCUT2D eigenvalue weighted by molar-refractivity contribution is 6.05. The second-order valence-electron chi connectivity index (χ2n) is 8.53. The van der Waals surface area contributed by atoms with Crippen LogP contribution in [-0.4, -0.2) is 88.8 Å². The molecule has 1 aromatic carbocycles. The van der Waals surface area contributed by atoms with Crippen molar-refractivity contribution in [1.29, 1.82) is 0 Å². The van der Waals surface area contributed by atoms with Gasteiger partial charge in [0.2, 0.25) is 5.96 Å². The third kappa shape index (κ3) is 3.06. The Morgan fingerprint density at radius 1 is 1.03 bits per heavy atom. The van der Waals surface area contributed by atoms with Crippen molar-refractivity contribution in [1.82, 2.24) is 24.5 Å². The number of imide groups is 1. The average molecular weight is 411 g/mol. The Labute approximate surface area is 178 Å². The number of hydrogen-bond acceptors (Lipinski definition) is 6. The summed E-state index contributed by atoms with van der Waals surface area (Å²) >= 11 is 0. The lowest BCUT2D eigenvalue weighted by Crippen LogP contribution is -2.64. The number of hydrogen-bond donors (Lipinski definition) is 0. The van der Waals surface area contributed by atoms with Gasteiger partial charge in [-0.15, -0.1) is 0 Å². The van der Waals surface area contributed by atoms with E-state index in [4.69, 9.17) is 4.99 Å². The molecule has 3 aliphatic rings. The highest BCUT2D eigenvalue weighted by atomic mass is 16.2. The van der Waals surface area contributed by atoms with Crippen LogP contribution in [-0.2, 0) is 11.3 Å². The van der Waals surface area contributed by atoms with Crippen LogP contribution in [0.25, 0.3) is 0 Å². The Morgan fingerprint density at radius 3 is 2.40 bits per heavy atom. The van der Waals surface area contributed by atoms with Gasteiger partial charge in [-0.05, 0) is 46.0 Å². The number of nitrogens with zero attached hydrogens (tertiary/aromatic N) is 6. The van der Waals surface area contributed by atoms with Crippen LogP contribution >= 0.6 is 0 Å². The minimum atomic E-state index is -0.522. The topological polar surface area (TPSA) is 62.7 Å². The number of aliphatic imine (C=N–C) groups is 1. The fourth-order valence-corrected chi connectivity index (χ4v) is 4.35. The molecule has 0 N–H and O–H groups in total. The number of guanidine groups is 1. The molecule has 0 bridgehead atoms. The van der Waals surface area contributed by atoms with E-state index in [2.05, 4.69) is 16.7 Å². The first-order chi connectivity index (χ1) is 14.2. The molecule has 1 saturated heterocycles. The lowest BCUT2D eigenvalue weighted by atomic mass is 10.1. The zero-order valence-electron chi connectivity index (χ0n) is 18.6. The molecule has 2 unspecified atom stereocenters. The molecule has 0 saturated carbocycles. The number of carbonyl (C=O) groups excluding carboxylic acids is 2. The van der Waals surface area contributed by atoms with E-state index in [0.717, 1.165) is 41.6 Å². The zero-order chi connectivity index (χ0) is 21.7. The molecule has 8 nitrogen and oxygen atoms in total. The predicted molar refractivity (Wildman–Crippen MR) is 115 cm³/mol. The van der Waals surface area contributed by atoms with Crippen molar-refractivity contribution in [3.8, 4) is 0 Å². The lowest BCUT2D eigenvalue weighted by Gasteiger charge is -2.41. The van der Waals surface area contributed by atoms with Crippen molar-refractivity contribution < 1.29 is 9.59 Å². The van der Waals surface area contributed by atoms with Crippen LogP contribution in [0.5, 0.6) is 0 Å². The first-order valence-electron chi connectivity index (χ1n) is 10.3. The van der Waals surface area contributed by atoms with Crippen molar-refractivity contribution in [2.75, 3.05) is 34.2 Å². The normalized spacial score (nSPS) is 23.6. The van der Waals surface area contributed by atoms with Gasteiger partial charge in [0, 0.05) is 31.5 Å². The summed E-state index contributed by atoms with van der Waals surface area (Å²) in [5, 5.41) is 0. The van der Waals surface area contributed by atoms with Crippen LogP contribution in [0.3, 0.4) is 0 Å². The van der Waals surface area contributed by atoms with Crippen molar-refractivity contribution in [3.63, 3.8) is 0 Å². The minimum absolute atomic E-state index is 0.188. The number of carbonyl (C=O) groups is 2. The average Bonchev–Trinajstić information content (AvgIpc) is 3.20. The molecule has 1 fully saturated rings. The number of benzene rings is 1. The van der Waals surface area contributed by atoms with E-state index in [1.807, 2.05) is 57.1 Å². The van der Waals surface area contributed by atoms with Crippen LogP contribution < -0.4 is 0 Å². The van der Waals surface area contributed by atoms with E-state index in [9.17, 15) is 9.59 Å². The highest BCUT2D eigenvalue weighted by Gasteiger charge is 2.55. The van der Waals surface area contributed by atoms with Gasteiger partial charge in [0.1, 0.15) is 0 Å². The number of allylic oxidation sites excluding steroid dienone is 2. The Morgan fingerprint density at radius 2 is 1.73 bits per heavy atom. The van der Waals surface area contributed by atoms with E-state index in [1.54, 1.807) is 11.9 Å². The number of likely N-dealkylation sites (N-methyl/N-ethyl adjacent to an activating group) is 2. The van der Waals surface area contributed by atoms with E-state index in [0.29, 0.717) is 0 Å². The van der Waals surface area contributed by atoms with Crippen molar-refractivity contribution in [3.05, 3.63) is 46.8 Å². The largest absolute Gasteiger partial charge is 0.328 e. The molecule has 30 heavy (non-hydrogen) atoms. The summed E-state index contributed by atoms with van der Waals surface area (Å²) in [6.45, 7) is 8.01. The van der Waals surface area contributed by atoms with Crippen molar-refractivity contribution >= 4 is 17.9 Å². The molecule has 160 valence electrons. The summed E-state index contributed by atoms with van der Waals surface area (Å²) in [5.41, 5.74) is 4.16. The highest BCUT2D eigenvalue weighted by Crippen LogP contribution is 2.37. The molecule has 8 heteroatoms. The first-order valence-corrected chi connectivity index (χ1v) is 10.3. The molecule has 3 aliphatic heterocycles. The Bertz CT molecular complexity index is 953. The van der Waals surface area contributed by atoms with Gasteiger partial charge in [0.15, 0.2) is 12.2 Å². The van der Waals surface area contributed by atoms with Crippen LogP contribution in [0.1, 0.15) is 25.0 Å². The molecule has 0 radical (unpaired) electrons. The maximum atomic E-state index is 13.6. The summed E-state index contributed by atoms with van der Waals surface area (Å²) < 4.78 is 0. The molecule has 4 rings (SSSR count). The number of fused-ring (bicyclic) bond motifs is 3. The standard InChI is InChI=1S/C22H30N6O2/c1-14-9-7-8-10-17(14)13-27-20(29)18-19(25(6)22(27)30)23-21-26(12-11-24(4)5)15(2)16(3)28(18)21/h7-10,18-19H,11-13H2,1-6H3. The smallest absolute Gasteiger partial charge is 0.313 e. The summed E-state index contributed by atoms with van der Waals surface area (Å²) in [4.78, 5) is 40.7. The minimum Gasteiger partial charge on any atom is -0.313 e. The predicted octanol–water partition coefficient (Wildman–Crippen LogP) is 1.88. The monoisotopic (exact) mass is 410 g/mol. The van der Waals surface area contributed by atoms with Crippen LogP contribution in [0.2, 0.25) is 0 Å². The number of amides is 3. The fourth-order valence-electron chi connectivity index (χ4n) is 4.35. The number of rotatable bonds is 5. The molecule has 3 amide bonds. The molecular weight excluding hydrogens is 380 g/mol. The molecule has 2 atom stereocenters. The van der Waals surface area contributed by atoms with Gasteiger partial charge >= 0.3 is 6.03 Å². The van der Waals surface area contributed by atoms with Crippen LogP contribution in [0.15, 0.2) is 40.7 Å². The fraction of sp³-hybridized carbons (Fsp3) is 0.500. The SMILES string of the molecule is CC1=C(C)N2C(=NC3C2C(=O)N(Cc2ccccc2C)C(=O)N3C)N1CCN(C)C. The third-order valence-electron chi connectivity index (χ3n) is 6.36. The van der Waals surface area contributed by atoms with Gasteiger partial charge < -0.3 is 14.7 Å². The van der Waals surface area contributed by atoms with E-state index < -0.39 is 12.2 Å². The lowest BCUT2D eigenvalue weighted by molar-refractivity contribution is -0.137. The summed E-state index contributed by atoms with van der Waals surface area (Å²) in [5.74, 6) is 0.583. The quantitative estimate of drug-likeness (QED) is 0.742. The third-order valence-corrected chi connectivity index (χ3v) is 6.36. The van der Waals surface area contributed by atoms with E-state index >= 15 is 0 Å². The second-order valence-corrected chi connectivity index (χ2v) is 8.53. The Balaban J connectivity index is 1.65. The molecule has 0 aliphatic carbocycles. The number of urea groups is 1. The van der Waals surface area contributed by atoms with Crippen LogP contribution in [0.4, 0.5) is 4.79 Å². The van der Waals surface area contributed by atoms with E-state index in [1.165, 1.54) is 4.90 Å². The number of aryl methyl sites for hydroxylation is 1. The molecule has 0 spiro atoms. The zero-order valence-corrected chi connectivity index (χ0v) is 18.6. The maximum absolute atomic E-state index is 13.6. The van der Waals surface area contributed by atoms with Gasteiger partial charge in [-0.1, -0.05) is 24.3 Å². The van der Waals surface area contributed by atoms with Gasteiger partial charge in [-0.25, -0.2) is 9.79 Å². The van der Waals surface area contributed by atoms with E-state index in [-0.39, 0.29) is 18.5 Å². The molecular formula is C22H30N6O2.